The van der Waals surface area contributed by atoms with Crippen LogP contribution in [0.5, 0.6) is 0 Å². The number of rotatable bonds is 23. The number of hydrogen-bond donors (Lipinski definition) is 2. The molecule has 2 N–H and O–H groups in total. The van der Waals surface area contributed by atoms with Crippen LogP contribution in [0.25, 0.3) is 0 Å². The number of urea groups is 1. The molecule has 0 unspecified atom stereocenters. The summed E-state index contributed by atoms with van der Waals surface area (Å²) in [5.41, 5.74) is 5.73. The van der Waals surface area contributed by atoms with E-state index in [2.05, 4.69) is 43.2 Å². The number of amides is 3. The van der Waals surface area contributed by atoms with Gasteiger partial charge in [0.15, 0.2) is 0 Å². The van der Waals surface area contributed by atoms with Crippen molar-refractivity contribution in [3.63, 3.8) is 0 Å². The number of ether oxygens (including phenoxy) is 2. The molecule has 0 aromatic heterocycles. The van der Waals surface area contributed by atoms with Crippen molar-refractivity contribution >= 4 is 43.0 Å². The van der Waals surface area contributed by atoms with Crippen molar-refractivity contribution in [3.05, 3.63) is 125 Å². The standard InChI is InChI=1S/C45H59N4O9P/c1-34(2)29-49(30-35(3)4)42-24-20-37(28-41(42)47-44(51)46-40-22-18-36(5)19-23-40)21-25-43(50)54-33-55-45(52)48(6)26-13-27-56-59(53,57-31-38-14-9-7-10-15-38)58-32-39-16-11-8-12-17-39/h7-12,14-20,22-24,28,34-35H,13,21,25-27,29-33H2,1-6H3,(H2,46,47,51). The predicted molar refractivity (Wildman–Crippen MR) is 231 cm³/mol. The predicted octanol–water partition coefficient (Wildman–Crippen LogP) is 10.2. The van der Waals surface area contributed by atoms with Crippen LogP contribution in [0.4, 0.5) is 26.7 Å². The second-order valence-electron chi connectivity index (χ2n) is 15.1. The molecule has 0 radical (unpaired) electrons. The van der Waals surface area contributed by atoms with Crippen LogP contribution in [-0.2, 0) is 52.0 Å². The number of hydrogen-bond acceptors (Lipinski definition) is 10. The Bertz CT molecular complexity index is 1890. The van der Waals surface area contributed by atoms with Gasteiger partial charge >= 0.3 is 25.9 Å². The van der Waals surface area contributed by atoms with Gasteiger partial charge in [0.2, 0.25) is 6.79 Å². The summed E-state index contributed by atoms with van der Waals surface area (Å²) < 4.78 is 40.7. The van der Waals surface area contributed by atoms with E-state index in [4.69, 9.17) is 23.0 Å². The number of phosphoric acid groups is 1. The summed E-state index contributed by atoms with van der Waals surface area (Å²) in [6.07, 6.45) is -0.0399. The van der Waals surface area contributed by atoms with E-state index < -0.39 is 26.7 Å². The van der Waals surface area contributed by atoms with Gasteiger partial charge in [0.25, 0.3) is 0 Å². The molecular weight excluding hydrogens is 771 g/mol. The molecule has 0 saturated carbocycles. The Morgan fingerprint density at radius 3 is 1.88 bits per heavy atom. The molecule has 59 heavy (non-hydrogen) atoms. The molecule has 0 atom stereocenters. The average Bonchev–Trinajstić information content (AvgIpc) is 3.21. The Morgan fingerprint density at radius 1 is 0.712 bits per heavy atom. The average molecular weight is 831 g/mol. The van der Waals surface area contributed by atoms with Crippen LogP contribution in [0.1, 0.15) is 62.8 Å². The first-order valence-corrected chi connectivity index (χ1v) is 21.4. The summed E-state index contributed by atoms with van der Waals surface area (Å²) in [7, 11) is -2.42. The molecular formula is C45H59N4O9P. The molecule has 4 aromatic rings. The van der Waals surface area contributed by atoms with Crippen LogP contribution in [0, 0.1) is 18.8 Å². The lowest BCUT2D eigenvalue weighted by atomic mass is 10.1. The lowest BCUT2D eigenvalue weighted by Gasteiger charge is -2.30. The Hall–Kier alpha value is -5.20. The molecule has 0 saturated heterocycles. The van der Waals surface area contributed by atoms with Crippen molar-refractivity contribution in [3.8, 4) is 0 Å². The van der Waals surface area contributed by atoms with Gasteiger partial charge in [-0.05, 0) is 72.6 Å². The molecule has 3 amide bonds. The topological polar surface area (TPSA) is 145 Å². The zero-order chi connectivity index (χ0) is 42.6. The number of phosphoric ester groups is 1. The third-order valence-electron chi connectivity index (χ3n) is 8.81. The monoisotopic (exact) mass is 830 g/mol. The zero-order valence-electron chi connectivity index (χ0n) is 35.1. The summed E-state index contributed by atoms with van der Waals surface area (Å²) in [4.78, 5) is 42.0. The summed E-state index contributed by atoms with van der Waals surface area (Å²) in [5, 5.41) is 5.93. The number of carbonyl (C=O) groups is 3. The fraction of sp³-hybridized carbons (Fsp3) is 0.400. The Morgan fingerprint density at radius 2 is 1.31 bits per heavy atom. The van der Waals surface area contributed by atoms with Crippen molar-refractivity contribution in [1.29, 1.82) is 0 Å². The van der Waals surface area contributed by atoms with Gasteiger partial charge in [-0.15, -0.1) is 0 Å². The van der Waals surface area contributed by atoms with Crippen LogP contribution in [0.3, 0.4) is 0 Å². The number of anilines is 3. The minimum absolute atomic E-state index is 0.0173. The maximum atomic E-state index is 13.5. The van der Waals surface area contributed by atoms with E-state index in [1.807, 2.05) is 110 Å². The summed E-state index contributed by atoms with van der Waals surface area (Å²) in [5.74, 6) is 0.232. The molecule has 4 rings (SSSR count). The summed E-state index contributed by atoms with van der Waals surface area (Å²) >= 11 is 0. The second-order valence-corrected chi connectivity index (χ2v) is 16.8. The minimum Gasteiger partial charge on any atom is -0.428 e. The van der Waals surface area contributed by atoms with Crippen LogP contribution >= 0.6 is 7.82 Å². The van der Waals surface area contributed by atoms with Crippen molar-refractivity contribution in [2.45, 2.75) is 67.1 Å². The Kier molecular flexibility index (Phi) is 18.9. The van der Waals surface area contributed by atoms with Crippen LogP contribution in [0.15, 0.2) is 103 Å². The van der Waals surface area contributed by atoms with E-state index in [1.165, 1.54) is 11.9 Å². The number of aryl methyl sites for hydroxylation is 2. The quantitative estimate of drug-likeness (QED) is 0.0321. The van der Waals surface area contributed by atoms with E-state index in [0.29, 0.717) is 36.1 Å². The van der Waals surface area contributed by atoms with Crippen molar-refractivity contribution in [1.82, 2.24) is 4.90 Å². The Labute approximate surface area is 348 Å². The first kappa shape index (κ1) is 46.5. The highest BCUT2D eigenvalue weighted by Crippen LogP contribution is 2.51. The molecule has 0 fully saturated rings. The third kappa shape index (κ3) is 17.3. The molecule has 4 aromatic carbocycles. The third-order valence-corrected chi connectivity index (χ3v) is 10.2. The normalized spacial score (nSPS) is 11.3. The molecule has 318 valence electrons. The fourth-order valence-corrected chi connectivity index (χ4v) is 7.09. The van der Waals surface area contributed by atoms with Crippen molar-refractivity contribution < 1.29 is 42.0 Å². The molecule has 14 heteroatoms. The van der Waals surface area contributed by atoms with Gasteiger partial charge in [-0.2, -0.15) is 0 Å². The molecule has 0 spiro atoms. The first-order valence-electron chi connectivity index (χ1n) is 20.0. The maximum Gasteiger partial charge on any atom is 0.475 e. The van der Waals surface area contributed by atoms with Gasteiger partial charge < -0.3 is 29.9 Å². The highest BCUT2D eigenvalue weighted by molar-refractivity contribution is 7.48. The van der Waals surface area contributed by atoms with Gasteiger partial charge in [-0.1, -0.05) is 112 Å². The van der Waals surface area contributed by atoms with Gasteiger partial charge in [0.1, 0.15) is 0 Å². The van der Waals surface area contributed by atoms with Gasteiger partial charge in [-0.3, -0.25) is 18.4 Å². The summed E-state index contributed by atoms with van der Waals surface area (Å²) in [6, 6.07) is 31.5. The van der Waals surface area contributed by atoms with Gasteiger partial charge in [-0.25, -0.2) is 14.2 Å². The lowest BCUT2D eigenvalue weighted by Crippen LogP contribution is -2.32. The zero-order valence-corrected chi connectivity index (χ0v) is 36.0. The van der Waals surface area contributed by atoms with Gasteiger partial charge in [0.05, 0.1) is 31.2 Å². The first-order chi connectivity index (χ1) is 28.3. The van der Waals surface area contributed by atoms with Crippen LogP contribution in [0.2, 0.25) is 0 Å². The van der Waals surface area contributed by atoms with E-state index in [-0.39, 0.29) is 38.8 Å². The number of esters is 1. The van der Waals surface area contributed by atoms with E-state index in [9.17, 15) is 18.9 Å². The van der Waals surface area contributed by atoms with Crippen molar-refractivity contribution in [2.75, 3.05) is 55.6 Å². The Balaban J connectivity index is 1.24. The van der Waals surface area contributed by atoms with E-state index in [0.717, 1.165) is 41.0 Å². The minimum atomic E-state index is -3.95. The van der Waals surface area contributed by atoms with Gasteiger partial charge in [0, 0.05) is 38.8 Å². The SMILES string of the molecule is Cc1ccc(NC(=O)Nc2cc(CCC(=O)OCOC(=O)N(C)CCCOP(=O)(OCc3ccccc3)OCc3ccccc3)ccc2N(CC(C)C)CC(C)C)cc1. The molecule has 0 bridgehead atoms. The molecule has 0 aliphatic rings. The summed E-state index contributed by atoms with van der Waals surface area (Å²) in [6.45, 7) is 11.9. The van der Waals surface area contributed by atoms with E-state index in [1.54, 1.807) is 0 Å². The van der Waals surface area contributed by atoms with Crippen LogP contribution < -0.4 is 15.5 Å². The maximum absolute atomic E-state index is 13.5. The number of nitrogens with zero attached hydrogens (tertiary/aromatic N) is 2. The number of benzene rings is 4. The van der Waals surface area contributed by atoms with E-state index >= 15 is 0 Å². The molecule has 13 nitrogen and oxygen atoms in total. The van der Waals surface area contributed by atoms with Crippen LogP contribution in [-0.4, -0.2) is 63.1 Å². The largest absolute Gasteiger partial charge is 0.475 e. The highest BCUT2D eigenvalue weighted by atomic mass is 31.2. The molecule has 0 aliphatic carbocycles. The number of carbonyl (C=O) groups excluding carboxylic acids is 3. The second kappa shape index (κ2) is 24.0. The lowest BCUT2D eigenvalue weighted by molar-refractivity contribution is -0.152. The fourth-order valence-electron chi connectivity index (χ4n) is 5.90. The molecule has 0 aliphatic heterocycles. The molecule has 0 heterocycles. The highest BCUT2D eigenvalue weighted by Gasteiger charge is 2.27. The number of nitrogens with one attached hydrogen (secondary N) is 2. The van der Waals surface area contributed by atoms with Crippen molar-refractivity contribution in [2.24, 2.45) is 11.8 Å². The smallest absolute Gasteiger partial charge is 0.428 e.